The number of aromatic nitrogens is 2. The van der Waals surface area contributed by atoms with Gasteiger partial charge in [-0.25, -0.2) is 4.57 Å². The van der Waals surface area contributed by atoms with E-state index in [4.69, 9.17) is 0 Å². The summed E-state index contributed by atoms with van der Waals surface area (Å²) < 4.78 is 4.99. The van der Waals surface area contributed by atoms with E-state index in [1.54, 1.807) is 0 Å². The van der Waals surface area contributed by atoms with Crippen LogP contribution in [0.15, 0.2) is 78.9 Å². The number of nitrogens with zero attached hydrogens (tertiary/aromatic N) is 2. The van der Waals surface area contributed by atoms with Gasteiger partial charge in [0, 0.05) is 0 Å². The number of rotatable bonds is 5. The molecule has 0 saturated heterocycles. The highest BCUT2D eigenvalue weighted by Crippen LogP contribution is 2.38. The van der Waals surface area contributed by atoms with Gasteiger partial charge >= 0.3 is 0 Å². The van der Waals surface area contributed by atoms with E-state index in [9.17, 15) is 0 Å². The number of para-hydroxylation sites is 3. The molecule has 0 aliphatic rings. The minimum atomic E-state index is -0.181. The minimum Gasteiger partial charge on any atom is -0.224 e. The normalized spacial score (nSPS) is 12.3. The van der Waals surface area contributed by atoms with Gasteiger partial charge in [-0.15, -0.1) is 0 Å². The summed E-state index contributed by atoms with van der Waals surface area (Å²) in [7, 11) is 0. The molecule has 0 aliphatic carbocycles. The van der Waals surface area contributed by atoms with Crippen LogP contribution < -0.4 is 4.57 Å². The Labute approximate surface area is 180 Å². The first-order chi connectivity index (χ1) is 14.3. The zero-order valence-corrected chi connectivity index (χ0v) is 19.1. The zero-order chi connectivity index (χ0) is 21.5. The van der Waals surface area contributed by atoms with Gasteiger partial charge in [0.25, 0.3) is 5.82 Å². The van der Waals surface area contributed by atoms with Crippen molar-refractivity contribution in [2.24, 2.45) is 0 Å². The maximum Gasteiger partial charge on any atom is 0.273 e. The van der Waals surface area contributed by atoms with Crippen molar-refractivity contribution in [3.05, 3.63) is 95.8 Å². The highest BCUT2D eigenvalue weighted by Gasteiger charge is 2.41. The number of fused-ring (bicyclic) bond motifs is 1. The number of hydrogen-bond donors (Lipinski definition) is 0. The molecule has 2 heteroatoms. The third-order valence-electron chi connectivity index (χ3n) is 6.17. The van der Waals surface area contributed by atoms with Gasteiger partial charge in [0.15, 0.2) is 11.0 Å². The molecule has 0 amide bonds. The van der Waals surface area contributed by atoms with Crippen molar-refractivity contribution >= 4 is 11.0 Å². The van der Waals surface area contributed by atoms with Gasteiger partial charge < -0.3 is 0 Å². The zero-order valence-electron chi connectivity index (χ0n) is 19.1. The molecule has 0 bridgehead atoms. The van der Waals surface area contributed by atoms with E-state index >= 15 is 0 Å². The van der Waals surface area contributed by atoms with E-state index in [1.807, 2.05) is 0 Å². The first-order valence-electron chi connectivity index (χ1n) is 11.0. The average Bonchev–Trinajstić information content (AvgIpc) is 3.10. The Hall–Kier alpha value is -2.87. The largest absolute Gasteiger partial charge is 0.273 e. The topological polar surface area (TPSA) is 8.81 Å². The molecular formula is C28H33N2+. The highest BCUT2D eigenvalue weighted by molar-refractivity contribution is 5.75. The molecular weight excluding hydrogens is 364 g/mol. The predicted molar refractivity (Wildman–Crippen MR) is 127 cm³/mol. The van der Waals surface area contributed by atoms with Crippen LogP contribution in [-0.4, -0.2) is 4.57 Å². The van der Waals surface area contributed by atoms with Gasteiger partial charge in [-0.05, 0) is 69.0 Å². The van der Waals surface area contributed by atoms with Crippen LogP contribution in [0.25, 0.3) is 16.7 Å². The van der Waals surface area contributed by atoms with Gasteiger partial charge in [0.2, 0.25) is 0 Å². The van der Waals surface area contributed by atoms with Gasteiger partial charge in [-0.2, -0.15) is 4.57 Å². The van der Waals surface area contributed by atoms with Gasteiger partial charge in [-0.1, -0.05) is 68.4 Å². The quantitative estimate of drug-likeness (QED) is 0.322. The fraction of sp³-hybridized carbons (Fsp3) is 0.321. The van der Waals surface area contributed by atoms with Crippen LogP contribution in [0.5, 0.6) is 0 Å². The highest BCUT2D eigenvalue weighted by atomic mass is 15.2. The van der Waals surface area contributed by atoms with E-state index < -0.39 is 0 Å². The lowest BCUT2D eigenvalue weighted by atomic mass is 9.78. The molecule has 1 heterocycles. The Morgan fingerprint density at radius 1 is 0.733 bits per heavy atom. The molecule has 0 fully saturated rings. The maximum atomic E-state index is 2.53. The van der Waals surface area contributed by atoms with E-state index in [0.29, 0.717) is 12.0 Å². The average molecular weight is 398 g/mol. The smallest absolute Gasteiger partial charge is 0.224 e. The lowest BCUT2D eigenvalue weighted by Crippen LogP contribution is -2.46. The summed E-state index contributed by atoms with van der Waals surface area (Å²) in [4.78, 5) is 0. The third kappa shape index (κ3) is 3.25. The third-order valence-corrected chi connectivity index (χ3v) is 6.17. The SMILES string of the molecule is CC(C)c1ccccc1C(C)(C)c1n(-c2ccccc2)c2ccccc2[n+]1C(C)C. The fourth-order valence-electron chi connectivity index (χ4n) is 4.82. The van der Waals surface area contributed by atoms with E-state index in [1.165, 1.54) is 33.7 Å². The van der Waals surface area contributed by atoms with Crippen LogP contribution in [0.4, 0.5) is 0 Å². The first kappa shape index (κ1) is 20.4. The molecule has 0 aliphatic heterocycles. The molecule has 154 valence electrons. The Morgan fingerprint density at radius 3 is 2.00 bits per heavy atom. The lowest BCUT2D eigenvalue weighted by molar-refractivity contribution is -0.701. The Morgan fingerprint density at radius 2 is 1.33 bits per heavy atom. The van der Waals surface area contributed by atoms with Crippen molar-refractivity contribution in [1.82, 2.24) is 4.57 Å². The molecule has 0 spiro atoms. The van der Waals surface area contributed by atoms with Crippen LogP contribution in [0.1, 0.15) is 70.5 Å². The van der Waals surface area contributed by atoms with Gasteiger partial charge in [0.05, 0.1) is 11.5 Å². The van der Waals surface area contributed by atoms with Crippen molar-refractivity contribution in [3.8, 4) is 5.69 Å². The molecule has 2 nitrogen and oxygen atoms in total. The van der Waals surface area contributed by atoms with E-state index in [0.717, 1.165) is 0 Å². The molecule has 0 unspecified atom stereocenters. The predicted octanol–water partition coefficient (Wildman–Crippen LogP) is 6.95. The molecule has 0 atom stereocenters. The lowest BCUT2D eigenvalue weighted by Gasteiger charge is -2.28. The summed E-state index contributed by atoms with van der Waals surface area (Å²) >= 11 is 0. The van der Waals surface area contributed by atoms with Crippen LogP contribution in [0.3, 0.4) is 0 Å². The number of benzene rings is 3. The molecule has 30 heavy (non-hydrogen) atoms. The van der Waals surface area contributed by atoms with Crippen LogP contribution in [0, 0.1) is 0 Å². The summed E-state index contributed by atoms with van der Waals surface area (Å²) in [6.07, 6.45) is 0. The molecule has 0 saturated carbocycles. The van der Waals surface area contributed by atoms with Gasteiger partial charge in [-0.3, -0.25) is 0 Å². The van der Waals surface area contributed by atoms with Crippen molar-refractivity contribution in [2.75, 3.05) is 0 Å². The second kappa shape index (κ2) is 7.75. The number of hydrogen-bond acceptors (Lipinski definition) is 0. The van der Waals surface area contributed by atoms with E-state index in [2.05, 4.69) is 130 Å². The standard InChI is InChI=1S/C28H33N2/c1-20(2)23-16-10-11-17-24(23)28(5,6)27-29(21(3)4)25-18-12-13-19-26(25)30(27)22-14-8-7-9-15-22/h7-21H,1-6H3/q+1. The summed E-state index contributed by atoms with van der Waals surface area (Å²) in [6.45, 7) is 13.9. The fourth-order valence-corrected chi connectivity index (χ4v) is 4.82. The van der Waals surface area contributed by atoms with Gasteiger partial charge in [0.1, 0.15) is 5.69 Å². The molecule has 3 aromatic carbocycles. The Bertz CT molecular complexity index is 1160. The Balaban J connectivity index is 2.14. The summed E-state index contributed by atoms with van der Waals surface area (Å²) in [5.74, 6) is 1.79. The number of imidazole rings is 1. The second-order valence-corrected chi connectivity index (χ2v) is 9.31. The molecule has 4 rings (SSSR count). The summed E-state index contributed by atoms with van der Waals surface area (Å²) in [6, 6.07) is 28.9. The van der Waals surface area contributed by atoms with Crippen molar-refractivity contribution in [3.63, 3.8) is 0 Å². The minimum absolute atomic E-state index is 0.181. The Kier molecular flexibility index (Phi) is 5.27. The molecule has 0 N–H and O–H groups in total. The van der Waals surface area contributed by atoms with Crippen LogP contribution in [0.2, 0.25) is 0 Å². The van der Waals surface area contributed by atoms with Crippen molar-refractivity contribution in [2.45, 2.75) is 58.9 Å². The molecule has 1 aromatic heterocycles. The van der Waals surface area contributed by atoms with E-state index in [-0.39, 0.29) is 5.41 Å². The maximum absolute atomic E-state index is 2.53. The summed E-state index contributed by atoms with van der Waals surface area (Å²) in [5.41, 5.74) is 6.37. The van der Waals surface area contributed by atoms with Crippen molar-refractivity contribution < 1.29 is 4.57 Å². The molecule has 0 radical (unpaired) electrons. The molecule has 4 aromatic rings. The monoisotopic (exact) mass is 397 g/mol. The van der Waals surface area contributed by atoms with Crippen LogP contribution >= 0.6 is 0 Å². The summed E-state index contributed by atoms with van der Waals surface area (Å²) in [5, 5.41) is 0. The first-order valence-corrected chi connectivity index (χ1v) is 11.0. The van der Waals surface area contributed by atoms with Crippen molar-refractivity contribution in [1.29, 1.82) is 0 Å². The van der Waals surface area contributed by atoms with Crippen LogP contribution in [-0.2, 0) is 5.41 Å². The second-order valence-electron chi connectivity index (χ2n) is 9.31.